The van der Waals surface area contributed by atoms with Crippen molar-refractivity contribution in [3.63, 3.8) is 0 Å². The van der Waals surface area contributed by atoms with Crippen molar-refractivity contribution in [3.05, 3.63) is 88.6 Å². The number of hydrogen-bond donors (Lipinski definition) is 1. The molecule has 0 bridgehead atoms. The Hall–Kier alpha value is -3.95. The molecular weight excluding hydrogens is 471 g/mol. The van der Waals surface area contributed by atoms with Crippen molar-refractivity contribution in [2.45, 2.75) is 25.1 Å². The van der Waals surface area contributed by atoms with Gasteiger partial charge in [0.2, 0.25) is 0 Å². The minimum absolute atomic E-state index is 0.0525. The van der Waals surface area contributed by atoms with Crippen molar-refractivity contribution in [3.8, 4) is 0 Å². The molecule has 1 saturated heterocycles. The van der Waals surface area contributed by atoms with Crippen LogP contribution in [0.1, 0.15) is 50.0 Å². The third kappa shape index (κ3) is 4.75. The smallest absolute Gasteiger partial charge is 0.352 e. The summed E-state index contributed by atoms with van der Waals surface area (Å²) in [5.41, 5.74) is 1.29. The Morgan fingerprint density at radius 1 is 0.889 bits per heavy atom. The van der Waals surface area contributed by atoms with Gasteiger partial charge in [-0.25, -0.2) is 0 Å². The van der Waals surface area contributed by atoms with Crippen molar-refractivity contribution in [1.82, 2.24) is 20.4 Å². The van der Waals surface area contributed by atoms with Gasteiger partial charge < -0.3 is 15.1 Å². The number of amides is 2. The summed E-state index contributed by atoms with van der Waals surface area (Å²) in [6, 6.07) is 16.1. The first kappa shape index (κ1) is 23.8. The molecule has 3 aromatic rings. The maximum atomic E-state index is 13.3. The second kappa shape index (κ2) is 9.60. The maximum absolute atomic E-state index is 13.3. The van der Waals surface area contributed by atoms with Crippen LogP contribution in [0.25, 0.3) is 0 Å². The summed E-state index contributed by atoms with van der Waals surface area (Å²) in [5, 5.41) is 11.3. The van der Waals surface area contributed by atoms with E-state index in [1.54, 1.807) is 12.1 Å². The normalized spacial score (nSPS) is 17.6. The molecular formula is C26H24F3N5O2. The molecule has 1 N–H and O–H groups in total. The summed E-state index contributed by atoms with van der Waals surface area (Å²) in [7, 11) is 0. The highest BCUT2D eigenvalue weighted by molar-refractivity contribution is 5.96. The van der Waals surface area contributed by atoms with Crippen LogP contribution in [-0.2, 0) is 12.6 Å². The van der Waals surface area contributed by atoms with Crippen molar-refractivity contribution in [2.75, 3.05) is 31.1 Å². The molecule has 10 heteroatoms. The fourth-order valence-electron chi connectivity index (χ4n) is 4.78. The number of halogens is 3. The molecule has 36 heavy (non-hydrogen) atoms. The van der Waals surface area contributed by atoms with Gasteiger partial charge in [-0.2, -0.15) is 13.2 Å². The highest BCUT2D eigenvalue weighted by atomic mass is 19.4. The predicted octanol–water partition coefficient (Wildman–Crippen LogP) is 3.88. The predicted molar refractivity (Wildman–Crippen MR) is 127 cm³/mol. The number of carbonyl (C=O) groups is 2. The number of aryl methyl sites for hydroxylation is 1. The third-order valence-electron chi connectivity index (χ3n) is 6.68. The SMILES string of the molecule is O=C(NC1CCc2ccccc21)c1ccc(N2CCN(C(=O)c3ccccc3C(F)(F)F)CC2)nn1. The molecule has 0 radical (unpaired) electrons. The molecule has 7 nitrogen and oxygen atoms in total. The lowest BCUT2D eigenvalue weighted by atomic mass is 10.1. The molecule has 0 spiro atoms. The van der Waals surface area contributed by atoms with Crippen molar-refractivity contribution in [1.29, 1.82) is 0 Å². The zero-order chi connectivity index (χ0) is 25.3. The maximum Gasteiger partial charge on any atom is 0.417 e. The fourth-order valence-corrected chi connectivity index (χ4v) is 4.78. The molecule has 1 unspecified atom stereocenters. The molecule has 2 aliphatic rings. The van der Waals surface area contributed by atoms with Crippen LogP contribution in [-0.4, -0.2) is 53.1 Å². The summed E-state index contributed by atoms with van der Waals surface area (Å²) in [4.78, 5) is 28.8. The second-order valence-corrected chi connectivity index (χ2v) is 8.86. The van der Waals surface area contributed by atoms with Gasteiger partial charge in [0, 0.05) is 26.2 Å². The van der Waals surface area contributed by atoms with E-state index in [2.05, 4.69) is 21.6 Å². The van der Waals surface area contributed by atoms with Crippen molar-refractivity contribution < 1.29 is 22.8 Å². The number of rotatable bonds is 4. The van der Waals surface area contributed by atoms with Crippen LogP contribution in [0.2, 0.25) is 0 Å². The standard InChI is InChI=1S/C26H24F3N5O2/c27-26(28,29)20-8-4-3-7-19(20)25(36)34-15-13-33(14-16-34)23-12-11-22(31-32-23)24(35)30-21-10-9-17-5-1-2-6-18(17)21/h1-8,11-12,21H,9-10,13-16H2,(H,30,35). The number of benzene rings is 2. The zero-order valence-electron chi connectivity index (χ0n) is 19.3. The number of piperazine rings is 1. The van der Waals surface area contributed by atoms with E-state index in [-0.39, 0.29) is 36.3 Å². The van der Waals surface area contributed by atoms with Crippen LogP contribution in [0.15, 0.2) is 60.7 Å². The van der Waals surface area contributed by atoms with Gasteiger partial charge in [-0.3, -0.25) is 9.59 Å². The third-order valence-corrected chi connectivity index (χ3v) is 6.68. The van der Waals surface area contributed by atoms with Gasteiger partial charge in [-0.05, 0) is 48.2 Å². The Morgan fingerprint density at radius 2 is 1.61 bits per heavy atom. The number of nitrogens with one attached hydrogen (secondary N) is 1. The fraction of sp³-hybridized carbons (Fsp3) is 0.308. The quantitative estimate of drug-likeness (QED) is 0.595. The van der Waals surface area contributed by atoms with Crippen LogP contribution in [0.4, 0.5) is 19.0 Å². The highest BCUT2D eigenvalue weighted by Crippen LogP contribution is 2.33. The van der Waals surface area contributed by atoms with Gasteiger partial charge in [0.1, 0.15) is 0 Å². The Balaban J connectivity index is 1.19. The van der Waals surface area contributed by atoms with Gasteiger partial charge in [-0.15, -0.1) is 10.2 Å². The summed E-state index contributed by atoms with van der Waals surface area (Å²) >= 11 is 0. The largest absolute Gasteiger partial charge is 0.417 e. The minimum atomic E-state index is -4.60. The molecule has 1 fully saturated rings. The number of aromatic nitrogens is 2. The molecule has 2 heterocycles. The minimum Gasteiger partial charge on any atom is -0.352 e. The number of carbonyl (C=O) groups excluding carboxylic acids is 2. The van der Waals surface area contributed by atoms with E-state index in [0.29, 0.717) is 18.9 Å². The molecule has 1 atom stereocenters. The average molecular weight is 496 g/mol. The van der Waals surface area contributed by atoms with E-state index in [0.717, 1.165) is 24.5 Å². The average Bonchev–Trinajstić information content (AvgIpc) is 3.30. The Morgan fingerprint density at radius 3 is 2.33 bits per heavy atom. The van der Waals surface area contributed by atoms with E-state index in [4.69, 9.17) is 0 Å². The number of alkyl halides is 3. The van der Waals surface area contributed by atoms with Gasteiger partial charge in [-0.1, -0.05) is 36.4 Å². The first-order chi connectivity index (χ1) is 17.3. The number of nitrogens with zero attached hydrogens (tertiary/aromatic N) is 4. The molecule has 5 rings (SSSR count). The molecule has 1 aliphatic heterocycles. The highest BCUT2D eigenvalue weighted by Gasteiger charge is 2.36. The Labute approximate surface area is 205 Å². The monoisotopic (exact) mass is 495 g/mol. The molecule has 1 aliphatic carbocycles. The number of hydrogen-bond acceptors (Lipinski definition) is 5. The van der Waals surface area contributed by atoms with Crippen molar-refractivity contribution in [2.24, 2.45) is 0 Å². The Kier molecular flexibility index (Phi) is 6.34. The van der Waals surface area contributed by atoms with Crippen LogP contribution >= 0.6 is 0 Å². The van der Waals surface area contributed by atoms with Crippen molar-refractivity contribution >= 4 is 17.6 Å². The van der Waals surface area contributed by atoms with Gasteiger partial charge in [0.15, 0.2) is 11.5 Å². The van der Waals surface area contributed by atoms with E-state index in [1.165, 1.54) is 28.7 Å². The van der Waals surface area contributed by atoms with Gasteiger partial charge in [0.25, 0.3) is 11.8 Å². The first-order valence-electron chi connectivity index (χ1n) is 11.7. The molecule has 1 aromatic heterocycles. The van der Waals surface area contributed by atoms with Crippen LogP contribution < -0.4 is 10.2 Å². The van der Waals surface area contributed by atoms with Gasteiger partial charge in [0.05, 0.1) is 17.2 Å². The zero-order valence-corrected chi connectivity index (χ0v) is 19.3. The van der Waals surface area contributed by atoms with E-state index < -0.39 is 17.6 Å². The van der Waals surface area contributed by atoms with Gasteiger partial charge >= 0.3 is 6.18 Å². The summed E-state index contributed by atoms with van der Waals surface area (Å²) in [5.74, 6) is -0.399. The van der Waals surface area contributed by atoms with E-state index in [9.17, 15) is 22.8 Å². The lowest BCUT2D eigenvalue weighted by Crippen LogP contribution is -2.49. The number of anilines is 1. The summed E-state index contributed by atoms with van der Waals surface area (Å²) in [6.45, 7) is 1.27. The Bertz CT molecular complexity index is 1270. The van der Waals surface area contributed by atoms with E-state index in [1.807, 2.05) is 23.1 Å². The lowest BCUT2D eigenvalue weighted by molar-refractivity contribution is -0.138. The topological polar surface area (TPSA) is 78.4 Å². The molecule has 186 valence electrons. The molecule has 0 saturated carbocycles. The summed E-state index contributed by atoms with van der Waals surface area (Å²) < 4.78 is 39.9. The number of fused-ring (bicyclic) bond motifs is 1. The summed E-state index contributed by atoms with van der Waals surface area (Å²) in [6.07, 6.45) is -2.84. The van der Waals surface area contributed by atoms with Crippen LogP contribution in [0.5, 0.6) is 0 Å². The van der Waals surface area contributed by atoms with Crippen LogP contribution in [0, 0.1) is 0 Å². The molecule has 2 aromatic carbocycles. The molecule has 2 amide bonds. The van der Waals surface area contributed by atoms with E-state index >= 15 is 0 Å². The second-order valence-electron chi connectivity index (χ2n) is 8.86. The lowest BCUT2D eigenvalue weighted by Gasteiger charge is -2.35. The first-order valence-corrected chi connectivity index (χ1v) is 11.7. The van der Waals surface area contributed by atoms with Crippen LogP contribution in [0.3, 0.4) is 0 Å².